The number of nitrogens with zero attached hydrogens (tertiary/aromatic N) is 2. The first kappa shape index (κ1) is 11.9. The Hall–Kier alpha value is -2.21. The smallest absolute Gasteiger partial charge is 0.223 e. The monoisotopic (exact) mass is 274 g/mol. The molecule has 96 valence electrons. The van der Waals surface area contributed by atoms with Crippen LogP contribution in [0.2, 0.25) is 0 Å². The minimum atomic E-state index is -0.334. The standard InChI is InChI=1S/C13H11FN4S/c1-7-6-8-11(17-13(15)18-12(8)19-7)16-10-5-3-2-4-9(10)14/h2-6H,1H3,(H3,15,16,17,18). The van der Waals surface area contributed by atoms with Crippen LogP contribution in [0.25, 0.3) is 10.2 Å². The number of nitrogen functional groups attached to an aromatic ring is 1. The summed E-state index contributed by atoms with van der Waals surface area (Å²) in [7, 11) is 0. The molecule has 2 aromatic heterocycles. The van der Waals surface area contributed by atoms with Gasteiger partial charge in [0, 0.05) is 4.88 Å². The summed E-state index contributed by atoms with van der Waals surface area (Å²) in [5.74, 6) is 0.366. The molecule has 0 aliphatic heterocycles. The van der Waals surface area contributed by atoms with E-state index in [0.29, 0.717) is 11.5 Å². The van der Waals surface area contributed by atoms with E-state index >= 15 is 0 Å². The van der Waals surface area contributed by atoms with E-state index in [4.69, 9.17) is 5.73 Å². The predicted molar refractivity (Wildman–Crippen MR) is 76.2 cm³/mol. The van der Waals surface area contributed by atoms with Crippen molar-refractivity contribution < 1.29 is 4.39 Å². The Balaban J connectivity index is 2.12. The van der Waals surface area contributed by atoms with Gasteiger partial charge in [-0.05, 0) is 25.1 Å². The summed E-state index contributed by atoms with van der Waals surface area (Å²) in [6, 6.07) is 8.40. The molecule has 2 heterocycles. The molecule has 3 aromatic rings. The summed E-state index contributed by atoms with van der Waals surface area (Å²) in [6.07, 6.45) is 0. The fourth-order valence-electron chi connectivity index (χ4n) is 1.84. The predicted octanol–water partition coefficient (Wildman–Crippen LogP) is 3.46. The molecule has 0 aliphatic rings. The van der Waals surface area contributed by atoms with E-state index in [1.807, 2.05) is 13.0 Å². The molecule has 0 aliphatic carbocycles. The first-order valence-corrected chi connectivity index (χ1v) is 6.50. The summed E-state index contributed by atoms with van der Waals surface area (Å²) in [5.41, 5.74) is 6.04. The second-order valence-corrected chi connectivity index (χ2v) is 5.35. The Morgan fingerprint density at radius 2 is 2.05 bits per heavy atom. The van der Waals surface area contributed by atoms with Gasteiger partial charge in [-0.3, -0.25) is 0 Å². The van der Waals surface area contributed by atoms with E-state index in [-0.39, 0.29) is 11.8 Å². The Morgan fingerprint density at radius 3 is 2.84 bits per heavy atom. The molecule has 1 aromatic carbocycles. The van der Waals surface area contributed by atoms with Gasteiger partial charge in [0.1, 0.15) is 16.5 Å². The Bertz CT molecular complexity index is 753. The zero-order chi connectivity index (χ0) is 13.4. The van der Waals surface area contributed by atoms with Crippen molar-refractivity contribution in [2.24, 2.45) is 0 Å². The van der Waals surface area contributed by atoms with Gasteiger partial charge in [0.25, 0.3) is 0 Å². The summed E-state index contributed by atoms with van der Waals surface area (Å²) in [6.45, 7) is 1.98. The molecule has 3 N–H and O–H groups in total. The average Bonchev–Trinajstić information content (AvgIpc) is 2.72. The lowest BCUT2D eigenvalue weighted by Crippen LogP contribution is -2.01. The molecule has 6 heteroatoms. The highest BCUT2D eigenvalue weighted by Crippen LogP contribution is 2.31. The molecule has 4 nitrogen and oxygen atoms in total. The lowest BCUT2D eigenvalue weighted by Gasteiger charge is -2.08. The second-order valence-electron chi connectivity index (χ2n) is 4.11. The largest absolute Gasteiger partial charge is 0.368 e. The molecule has 0 bridgehead atoms. The van der Waals surface area contributed by atoms with Crippen molar-refractivity contribution in [2.75, 3.05) is 11.1 Å². The maximum absolute atomic E-state index is 13.6. The van der Waals surface area contributed by atoms with Crippen molar-refractivity contribution in [3.63, 3.8) is 0 Å². The van der Waals surface area contributed by atoms with Gasteiger partial charge in [-0.1, -0.05) is 12.1 Å². The molecule has 0 saturated carbocycles. The molecule has 0 amide bonds. The molecule has 0 saturated heterocycles. The van der Waals surface area contributed by atoms with Crippen LogP contribution in [-0.4, -0.2) is 9.97 Å². The Labute approximate surface area is 113 Å². The van der Waals surface area contributed by atoms with E-state index in [1.165, 1.54) is 17.4 Å². The van der Waals surface area contributed by atoms with E-state index in [9.17, 15) is 4.39 Å². The van der Waals surface area contributed by atoms with Gasteiger partial charge >= 0.3 is 0 Å². The average molecular weight is 274 g/mol. The highest BCUT2D eigenvalue weighted by atomic mass is 32.1. The first-order chi connectivity index (χ1) is 9.13. The molecule has 0 unspecified atom stereocenters. The highest BCUT2D eigenvalue weighted by molar-refractivity contribution is 7.18. The fourth-order valence-corrected chi connectivity index (χ4v) is 2.73. The van der Waals surface area contributed by atoms with E-state index in [0.717, 1.165) is 15.1 Å². The fraction of sp³-hybridized carbons (Fsp3) is 0.0769. The van der Waals surface area contributed by atoms with Gasteiger partial charge in [0.2, 0.25) is 5.95 Å². The van der Waals surface area contributed by atoms with Gasteiger partial charge in [-0.25, -0.2) is 9.37 Å². The molecule has 0 atom stereocenters. The molecular weight excluding hydrogens is 263 g/mol. The molecule has 3 rings (SSSR count). The minimum absolute atomic E-state index is 0.174. The summed E-state index contributed by atoms with van der Waals surface area (Å²) in [4.78, 5) is 10.2. The zero-order valence-electron chi connectivity index (χ0n) is 10.1. The molecule has 0 spiro atoms. The van der Waals surface area contributed by atoms with Crippen LogP contribution in [-0.2, 0) is 0 Å². The minimum Gasteiger partial charge on any atom is -0.368 e. The van der Waals surface area contributed by atoms with Gasteiger partial charge in [0.05, 0.1) is 11.1 Å². The summed E-state index contributed by atoms with van der Waals surface area (Å²) < 4.78 is 13.6. The van der Waals surface area contributed by atoms with Crippen LogP contribution in [0, 0.1) is 12.7 Å². The van der Waals surface area contributed by atoms with Crippen LogP contribution in [0.1, 0.15) is 4.88 Å². The van der Waals surface area contributed by atoms with Crippen molar-refractivity contribution in [1.82, 2.24) is 9.97 Å². The lowest BCUT2D eigenvalue weighted by atomic mass is 10.3. The molecule has 0 fully saturated rings. The Kier molecular flexibility index (Phi) is 2.79. The lowest BCUT2D eigenvalue weighted by molar-refractivity contribution is 0.632. The number of aryl methyl sites for hydroxylation is 1. The van der Waals surface area contributed by atoms with Crippen LogP contribution in [0.3, 0.4) is 0 Å². The van der Waals surface area contributed by atoms with Crippen LogP contribution in [0.4, 0.5) is 21.8 Å². The Morgan fingerprint density at radius 1 is 1.26 bits per heavy atom. The summed E-state index contributed by atoms with van der Waals surface area (Å²) in [5, 5.41) is 3.82. The van der Waals surface area contributed by atoms with Gasteiger partial charge in [0.15, 0.2) is 0 Å². The van der Waals surface area contributed by atoms with Crippen LogP contribution < -0.4 is 11.1 Å². The van der Waals surface area contributed by atoms with Crippen LogP contribution in [0.5, 0.6) is 0 Å². The number of nitrogens with two attached hydrogens (primary N) is 1. The van der Waals surface area contributed by atoms with E-state index < -0.39 is 0 Å². The summed E-state index contributed by atoms with van der Waals surface area (Å²) >= 11 is 1.53. The highest BCUT2D eigenvalue weighted by Gasteiger charge is 2.10. The van der Waals surface area contributed by atoms with Crippen molar-refractivity contribution in [3.8, 4) is 0 Å². The van der Waals surface area contributed by atoms with Crippen molar-refractivity contribution in [3.05, 3.63) is 41.0 Å². The number of aromatic nitrogens is 2. The first-order valence-electron chi connectivity index (χ1n) is 5.69. The molecule has 19 heavy (non-hydrogen) atoms. The SMILES string of the molecule is Cc1cc2c(Nc3ccccc3F)nc(N)nc2s1. The number of anilines is 3. The van der Waals surface area contributed by atoms with E-state index in [2.05, 4.69) is 15.3 Å². The molecular formula is C13H11FN4S. The van der Waals surface area contributed by atoms with Gasteiger partial charge in [-0.2, -0.15) is 4.98 Å². The number of nitrogens with one attached hydrogen (secondary N) is 1. The van der Waals surface area contributed by atoms with Crippen molar-refractivity contribution in [1.29, 1.82) is 0 Å². The number of fused-ring (bicyclic) bond motifs is 1. The number of rotatable bonds is 2. The third-order valence-electron chi connectivity index (χ3n) is 2.66. The number of benzene rings is 1. The van der Waals surface area contributed by atoms with Crippen molar-refractivity contribution in [2.45, 2.75) is 6.92 Å². The second kappa shape index (κ2) is 4.47. The van der Waals surface area contributed by atoms with Crippen molar-refractivity contribution >= 4 is 39.0 Å². The maximum atomic E-state index is 13.6. The normalized spacial score (nSPS) is 10.8. The third-order valence-corrected chi connectivity index (χ3v) is 3.60. The molecule has 0 radical (unpaired) electrons. The third kappa shape index (κ3) is 2.22. The number of hydrogen-bond acceptors (Lipinski definition) is 5. The number of para-hydroxylation sites is 1. The van der Waals surface area contributed by atoms with Gasteiger partial charge in [-0.15, -0.1) is 11.3 Å². The number of halogens is 1. The van der Waals surface area contributed by atoms with Gasteiger partial charge < -0.3 is 11.1 Å². The zero-order valence-corrected chi connectivity index (χ0v) is 11.0. The number of thiophene rings is 1. The van der Waals surface area contributed by atoms with Crippen LogP contribution >= 0.6 is 11.3 Å². The van der Waals surface area contributed by atoms with E-state index in [1.54, 1.807) is 18.2 Å². The maximum Gasteiger partial charge on any atom is 0.223 e. The quantitative estimate of drug-likeness (QED) is 0.751. The van der Waals surface area contributed by atoms with Crippen LogP contribution in [0.15, 0.2) is 30.3 Å². The topological polar surface area (TPSA) is 63.8 Å². The number of hydrogen-bond donors (Lipinski definition) is 2.